The van der Waals surface area contributed by atoms with Gasteiger partial charge in [-0.25, -0.2) is 8.51 Å². The Labute approximate surface area is 167 Å². The Morgan fingerprint density at radius 2 is 2.00 bits per heavy atom. The molecule has 150 valence electrons. The second-order valence-corrected chi connectivity index (χ2v) is 9.55. The molecule has 1 aromatic rings. The second-order valence-electron chi connectivity index (χ2n) is 8.06. The van der Waals surface area contributed by atoms with Crippen molar-refractivity contribution in [3.05, 3.63) is 29.3 Å². The van der Waals surface area contributed by atoms with E-state index in [0.717, 1.165) is 35.7 Å². The summed E-state index contributed by atoms with van der Waals surface area (Å²) in [5.41, 5.74) is 3.11. The van der Waals surface area contributed by atoms with E-state index in [0.29, 0.717) is 39.4 Å². The molecule has 28 heavy (non-hydrogen) atoms. The number of nitrogens with one attached hydrogen (secondary N) is 1. The van der Waals surface area contributed by atoms with E-state index in [4.69, 9.17) is 9.47 Å². The molecule has 3 aliphatic heterocycles. The van der Waals surface area contributed by atoms with Gasteiger partial charge in [0.25, 0.3) is 0 Å². The van der Waals surface area contributed by atoms with Crippen molar-refractivity contribution in [3.63, 3.8) is 0 Å². The SMILES string of the molecule is COCC1(C(=O)N2CC3=C(C2)CN(S(=O)c2ccc4c(c2)NCCO4)C3)CC1. The van der Waals surface area contributed by atoms with Crippen LogP contribution >= 0.6 is 0 Å². The first-order valence-electron chi connectivity index (χ1n) is 9.75. The van der Waals surface area contributed by atoms with E-state index in [1.807, 2.05) is 27.4 Å². The van der Waals surface area contributed by atoms with Gasteiger partial charge in [-0.2, -0.15) is 0 Å². The second kappa shape index (κ2) is 6.86. The molecule has 8 heteroatoms. The van der Waals surface area contributed by atoms with E-state index < -0.39 is 11.0 Å². The predicted octanol–water partition coefficient (Wildman–Crippen LogP) is 1.39. The molecule has 0 radical (unpaired) electrons. The van der Waals surface area contributed by atoms with E-state index in [-0.39, 0.29) is 11.3 Å². The number of hydrogen-bond donors (Lipinski definition) is 1. The molecule has 0 bridgehead atoms. The van der Waals surface area contributed by atoms with Gasteiger partial charge in [0.15, 0.2) is 0 Å². The molecule has 0 saturated heterocycles. The fourth-order valence-corrected chi connectivity index (χ4v) is 5.61. The third-order valence-corrected chi connectivity index (χ3v) is 7.46. The lowest BCUT2D eigenvalue weighted by molar-refractivity contribution is -0.137. The Morgan fingerprint density at radius 3 is 2.68 bits per heavy atom. The topological polar surface area (TPSA) is 71.1 Å². The van der Waals surface area contributed by atoms with E-state index in [1.54, 1.807) is 7.11 Å². The van der Waals surface area contributed by atoms with Gasteiger partial charge in [0.2, 0.25) is 5.91 Å². The standard InChI is InChI=1S/C20H25N3O4S/c1-26-13-20(4-5-20)19(24)22-9-14-11-23(12-15(14)10-22)28(25)16-2-3-18-17(8-16)21-6-7-27-18/h2-3,8,21H,4-7,9-13H2,1H3. The minimum absolute atomic E-state index is 0.220. The van der Waals surface area contributed by atoms with Crippen LogP contribution in [-0.2, 0) is 20.5 Å². The third-order valence-electron chi connectivity index (χ3n) is 6.08. The van der Waals surface area contributed by atoms with Crippen LogP contribution in [0.25, 0.3) is 0 Å². The van der Waals surface area contributed by atoms with Crippen molar-refractivity contribution >= 4 is 22.6 Å². The lowest BCUT2D eigenvalue weighted by Gasteiger charge is -2.26. The van der Waals surface area contributed by atoms with Crippen molar-refractivity contribution in [3.8, 4) is 5.75 Å². The Kier molecular flexibility index (Phi) is 4.45. The fraction of sp³-hybridized carbons (Fsp3) is 0.550. The molecule has 1 unspecified atom stereocenters. The summed E-state index contributed by atoms with van der Waals surface area (Å²) in [7, 11) is 0.435. The van der Waals surface area contributed by atoms with Gasteiger partial charge >= 0.3 is 0 Å². The van der Waals surface area contributed by atoms with Gasteiger partial charge in [0.1, 0.15) is 23.3 Å². The summed E-state index contributed by atoms with van der Waals surface area (Å²) in [5.74, 6) is 1.03. The molecule has 1 saturated carbocycles. The highest BCUT2D eigenvalue weighted by molar-refractivity contribution is 7.82. The lowest BCUT2D eigenvalue weighted by atomic mass is 10.1. The highest BCUT2D eigenvalue weighted by atomic mass is 32.2. The maximum atomic E-state index is 13.1. The molecule has 1 aliphatic carbocycles. The third kappa shape index (κ3) is 3.03. The van der Waals surface area contributed by atoms with Crippen LogP contribution in [0.5, 0.6) is 5.75 Å². The first kappa shape index (κ1) is 18.1. The summed E-state index contributed by atoms with van der Waals surface area (Å²) >= 11 is 0. The van der Waals surface area contributed by atoms with E-state index in [2.05, 4.69) is 5.32 Å². The van der Waals surface area contributed by atoms with Crippen molar-refractivity contribution in [1.82, 2.24) is 9.21 Å². The van der Waals surface area contributed by atoms with Gasteiger partial charge in [0, 0.05) is 39.8 Å². The summed E-state index contributed by atoms with van der Waals surface area (Å²) in [6.07, 6.45) is 1.85. The van der Waals surface area contributed by atoms with Gasteiger partial charge in [-0.1, -0.05) is 0 Å². The van der Waals surface area contributed by atoms with Crippen molar-refractivity contribution in [2.45, 2.75) is 17.7 Å². The zero-order chi connectivity index (χ0) is 19.3. The molecule has 5 rings (SSSR count). The average molecular weight is 404 g/mol. The summed E-state index contributed by atoms with van der Waals surface area (Å²) < 4.78 is 25.9. The van der Waals surface area contributed by atoms with E-state index >= 15 is 0 Å². The predicted molar refractivity (Wildman–Crippen MR) is 106 cm³/mol. The van der Waals surface area contributed by atoms with Crippen molar-refractivity contribution in [2.75, 3.05) is 58.4 Å². The van der Waals surface area contributed by atoms with Gasteiger partial charge in [-0.05, 0) is 42.2 Å². The van der Waals surface area contributed by atoms with E-state index in [9.17, 15) is 9.00 Å². The first-order chi connectivity index (χ1) is 13.6. The zero-order valence-electron chi connectivity index (χ0n) is 16.0. The van der Waals surface area contributed by atoms with Crippen LogP contribution in [0.4, 0.5) is 5.69 Å². The molecule has 1 fully saturated rings. The Hall–Kier alpha value is -1.90. The lowest BCUT2D eigenvalue weighted by Crippen LogP contribution is -2.40. The normalized spacial score (nSPS) is 23.7. The number of benzene rings is 1. The monoisotopic (exact) mass is 403 g/mol. The number of hydrogen-bond acceptors (Lipinski definition) is 5. The molecule has 1 N–H and O–H groups in total. The maximum absolute atomic E-state index is 13.1. The first-order valence-corrected chi connectivity index (χ1v) is 10.9. The maximum Gasteiger partial charge on any atom is 0.231 e. The Balaban J connectivity index is 1.22. The van der Waals surface area contributed by atoms with Crippen LogP contribution < -0.4 is 10.1 Å². The van der Waals surface area contributed by atoms with Crippen LogP contribution in [-0.4, -0.2) is 72.4 Å². The van der Waals surface area contributed by atoms with Crippen LogP contribution in [0.15, 0.2) is 34.2 Å². The number of anilines is 1. The smallest absolute Gasteiger partial charge is 0.231 e. The number of rotatable bonds is 5. The molecule has 0 spiro atoms. The number of amides is 1. The quantitative estimate of drug-likeness (QED) is 0.753. The molecule has 7 nitrogen and oxygen atoms in total. The number of ether oxygens (including phenoxy) is 2. The molecule has 1 aromatic carbocycles. The minimum Gasteiger partial charge on any atom is -0.490 e. The molecule has 3 heterocycles. The van der Waals surface area contributed by atoms with Gasteiger partial charge in [-0.3, -0.25) is 4.79 Å². The van der Waals surface area contributed by atoms with Crippen LogP contribution in [0.1, 0.15) is 12.8 Å². The highest BCUT2D eigenvalue weighted by Gasteiger charge is 2.53. The fourth-order valence-electron chi connectivity index (χ4n) is 4.37. The van der Waals surface area contributed by atoms with Gasteiger partial charge < -0.3 is 19.7 Å². The minimum atomic E-state index is -1.22. The molecular formula is C20H25N3O4S. The van der Waals surface area contributed by atoms with Crippen molar-refractivity contribution < 1.29 is 18.5 Å². The van der Waals surface area contributed by atoms with Gasteiger partial charge in [-0.15, -0.1) is 0 Å². The molecule has 1 atom stereocenters. The number of fused-ring (bicyclic) bond motifs is 1. The van der Waals surface area contributed by atoms with Crippen molar-refractivity contribution in [1.29, 1.82) is 0 Å². The van der Waals surface area contributed by atoms with Crippen LogP contribution in [0.3, 0.4) is 0 Å². The molecule has 1 amide bonds. The molecular weight excluding hydrogens is 378 g/mol. The summed E-state index contributed by atoms with van der Waals surface area (Å²) in [6, 6.07) is 5.69. The summed E-state index contributed by atoms with van der Waals surface area (Å²) in [4.78, 5) is 15.6. The van der Waals surface area contributed by atoms with Crippen molar-refractivity contribution in [2.24, 2.45) is 5.41 Å². The number of methoxy groups -OCH3 is 1. The van der Waals surface area contributed by atoms with E-state index in [1.165, 1.54) is 11.1 Å². The van der Waals surface area contributed by atoms with Gasteiger partial charge in [0.05, 0.1) is 22.6 Å². The summed E-state index contributed by atoms with van der Waals surface area (Å²) in [6.45, 7) is 4.56. The zero-order valence-corrected chi connectivity index (χ0v) is 16.8. The Bertz CT molecular complexity index is 862. The Morgan fingerprint density at radius 1 is 1.25 bits per heavy atom. The van der Waals surface area contributed by atoms with Crippen LogP contribution in [0.2, 0.25) is 0 Å². The largest absolute Gasteiger partial charge is 0.490 e. The number of carbonyl (C=O) groups excluding carboxylic acids is 1. The molecule has 4 aliphatic rings. The number of carbonyl (C=O) groups is 1. The van der Waals surface area contributed by atoms with Crippen LogP contribution in [0, 0.1) is 5.41 Å². The number of nitrogens with zero attached hydrogens (tertiary/aromatic N) is 2. The summed E-state index contributed by atoms with van der Waals surface area (Å²) in [5, 5.41) is 3.29. The average Bonchev–Trinajstić information content (AvgIpc) is 3.22. The highest BCUT2D eigenvalue weighted by Crippen LogP contribution is 2.48. The molecule has 0 aromatic heterocycles.